The maximum absolute atomic E-state index is 13.2. The molecular formula is C14H14FN3O3. The molecule has 2 amide bonds. The molecule has 1 saturated carbocycles. The quantitative estimate of drug-likeness (QED) is 0.794. The molecule has 0 atom stereocenters. The third-order valence-electron chi connectivity index (χ3n) is 3.56. The Morgan fingerprint density at radius 3 is 2.57 bits per heavy atom. The van der Waals surface area contributed by atoms with Gasteiger partial charge in [0.25, 0.3) is 0 Å². The summed E-state index contributed by atoms with van der Waals surface area (Å²) in [6.45, 7) is 0. The number of urea groups is 1. The van der Waals surface area contributed by atoms with Gasteiger partial charge in [-0.2, -0.15) is 5.26 Å². The van der Waals surface area contributed by atoms with E-state index < -0.39 is 23.4 Å². The molecule has 2 rings (SSSR count). The number of carbonyl (C=O) groups is 2. The molecule has 6 nitrogen and oxygen atoms in total. The molecule has 0 aromatic heterocycles. The molecule has 1 fully saturated rings. The zero-order chi connectivity index (χ0) is 15.5. The first kappa shape index (κ1) is 14.8. The predicted molar refractivity (Wildman–Crippen MR) is 72.1 cm³/mol. The van der Waals surface area contributed by atoms with Crippen molar-refractivity contribution in [3.8, 4) is 6.07 Å². The van der Waals surface area contributed by atoms with Crippen LogP contribution in [0.2, 0.25) is 0 Å². The number of hydrogen-bond acceptors (Lipinski definition) is 3. The molecule has 0 bridgehead atoms. The molecule has 3 N–H and O–H groups in total. The molecule has 1 aromatic carbocycles. The summed E-state index contributed by atoms with van der Waals surface area (Å²) in [7, 11) is 0. The van der Waals surface area contributed by atoms with E-state index in [0.717, 1.165) is 18.9 Å². The standard InChI is InChI=1S/C14H14FN3O3/c15-11-4-3-10(7-9(11)8-16)17-13(21)18-14(12(19)20)5-1-2-6-14/h3-4,7H,1-2,5-6H2,(H,19,20)(H2,17,18,21). The summed E-state index contributed by atoms with van der Waals surface area (Å²) in [6, 6.07) is 4.54. The fourth-order valence-electron chi connectivity index (χ4n) is 2.44. The van der Waals surface area contributed by atoms with E-state index in [-0.39, 0.29) is 11.3 Å². The van der Waals surface area contributed by atoms with Gasteiger partial charge >= 0.3 is 12.0 Å². The van der Waals surface area contributed by atoms with Crippen LogP contribution in [-0.2, 0) is 4.79 Å². The number of carbonyl (C=O) groups excluding carboxylic acids is 1. The van der Waals surface area contributed by atoms with Gasteiger partial charge in [0.05, 0.1) is 5.56 Å². The number of nitrogens with zero attached hydrogens (tertiary/aromatic N) is 1. The van der Waals surface area contributed by atoms with Gasteiger partial charge in [0.1, 0.15) is 17.4 Å². The number of benzene rings is 1. The van der Waals surface area contributed by atoms with Gasteiger partial charge in [0, 0.05) is 5.69 Å². The Kier molecular flexibility index (Phi) is 4.08. The highest BCUT2D eigenvalue weighted by atomic mass is 19.1. The lowest BCUT2D eigenvalue weighted by atomic mass is 9.98. The first-order valence-corrected chi connectivity index (χ1v) is 6.49. The maximum Gasteiger partial charge on any atom is 0.329 e. The number of aliphatic carboxylic acids is 1. The third kappa shape index (κ3) is 3.11. The van der Waals surface area contributed by atoms with E-state index >= 15 is 0 Å². The second-order valence-electron chi connectivity index (χ2n) is 4.98. The SMILES string of the molecule is N#Cc1cc(NC(=O)NC2(C(=O)O)CCCC2)ccc1F. The number of halogens is 1. The zero-order valence-corrected chi connectivity index (χ0v) is 11.1. The van der Waals surface area contributed by atoms with Crippen LogP contribution < -0.4 is 10.6 Å². The minimum atomic E-state index is -1.25. The molecule has 110 valence electrons. The number of nitrogens with one attached hydrogen (secondary N) is 2. The van der Waals surface area contributed by atoms with Crippen LogP contribution in [0.15, 0.2) is 18.2 Å². The summed E-state index contributed by atoms with van der Waals surface area (Å²) >= 11 is 0. The molecule has 0 heterocycles. The molecule has 21 heavy (non-hydrogen) atoms. The average Bonchev–Trinajstić information content (AvgIpc) is 2.90. The Bertz CT molecular complexity index is 618. The van der Waals surface area contributed by atoms with E-state index in [1.54, 1.807) is 6.07 Å². The summed E-state index contributed by atoms with van der Waals surface area (Å²) < 4.78 is 13.2. The predicted octanol–water partition coefficient (Wildman–Crippen LogP) is 2.22. The van der Waals surface area contributed by atoms with Gasteiger partial charge in [0.2, 0.25) is 0 Å². The van der Waals surface area contributed by atoms with E-state index in [1.807, 2.05) is 0 Å². The van der Waals surface area contributed by atoms with Crippen LogP contribution in [0.4, 0.5) is 14.9 Å². The van der Waals surface area contributed by atoms with Crippen LogP contribution >= 0.6 is 0 Å². The number of nitriles is 1. The van der Waals surface area contributed by atoms with E-state index in [2.05, 4.69) is 10.6 Å². The Hall–Kier alpha value is -2.62. The van der Waals surface area contributed by atoms with E-state index in [9.17, 15) is 19.1 Å². The van der Waals surface area contributed by atoms with Crippen molar-refractivity contribution < 1.29 is 19.1 Å². The topological polar surface area (TPSA) is 102 Å². The number of carboxylic acids is 1. The average molecular weight is 291 g/mol. The number of anilines is 1. The lowest BCUT2D eigenvalue weighted by molar-refractivity contribution is -0.144. The molecule has 1 aromatic rings. The van der Waals surface area contributed by atoms with Gasteiger partial charge in [-0.3, -0.25) is 0 Å². The summed E-state index contributed by atoms with van der Waals surface area (Å²) in [6.07, 6.45) is 2.23. The van der Waals surface area contributed by atoms with E-state index in [1.165, 1.54) is 12.1 Å². The highest BCUT2D eigenvalue weighted by molar-refractivity contribution is 5.94. The van der Waals surface area contributed by atoms with Crippen molar-refractivity contribution in [2.24, 2.45) is 0 Å². The summed E-state index contributed by atoms with van der Waals surface area (Å²) in [4.78, 5) is 23.2. The van der Waals surface area contributed by atoms with Crippen molar-refractivity contribution in [3.63, 3.8) is 0 Å². The fourth-order valence-corrected chi connectivity index (χ4v) is 2.44. The highest BCUT2D eigenvalue weighted by Crippen LogP contribution is 2.30. The maximum atomic E-state index is 13.2. The molecule has 0 spiro atoms. The molecular weight excluding hydrogens is 277 g/mol. The Morgan fingerprint density at radius 1 is 1.33 bits per heavy atom. The molecule has 1 aliphatic carbocycles. The number of carboxylic acid groups (broad SMARTS) is 1. The third-order valence-corrected chi connectivity index (χ3v) is 3.56. The monoisotopic (exact) mass is 291 g/mol. The van der Waals surface area contributed by atoms with Gasteiger partial charge in [0.15, 0.2) is 0 Å². The van der Waals surface area contributed by atoms with Gasteiger partial charge in [-0.05, 0) is 31.0 Å². The van der Waals surface area contributed by atoms with Gasteiger partial charge in [-0.1, -0.05) is 12.8 Å². The molecule has 0 unspecified atom stereocenters. The van der Waals surface area contributed by atoms with Gasteiger partial charge < -0.3 is 15.7 Å². The lowest BCUT2D eigenvalue weighted by Crippen LogP contribution is -2.53. The van der Waals surface area contributed by atoms with Crippen LogP contribution in [0.1, 0.15) is 31.2 Å². The number of amides is 2. The first-order chi connectivity index (χ1) is 9.97. The fraction of sp³-hybridized carbons (Fsp3) is 0.357. The Morgan fingerprint density at radius 2 is 2.00 bits per heavy atom. The molecule has 0 aliphatic heterocycles. The second kappa shape index (κ2) is 5.79. The normalized spacial score (nSPS) is 16.0. The van der Waals surface area contributed by atoms with Gasteiger partial charge in [-0.15, -0.1) is 0 Å². The van der Waals surface area contributed by atoms with Crippen LogP contribution in [0.5, 0.6) is 0 Å². The van der Waals surface area contributed by atoms with Crippen LogP contribution in [0.3, 0.4) is 0 Å². The van der Waals surface area contributed by atoms with Crippen molar-refractivity contribution in [2.75, 3.05) is 5.32 Å². The van der Waals surface area contributed by atoms with Crippen molar-refractivity contribution in [1.29, 1.82) is 5.26 Å². The van der Waals surface area contributed by atoms with Crippen LogP contribution in [0, 0.1) is 17.1 Å². The molecule has 1 aliphatic rings. The van der Waals surface area contributed by atoms with Crippen molar-refractivity contribution >= 4 is 17.7 Å². The van der Waals surface area contributed by atoms with Crippen molar-refractivity contribution in [1.82, 2.24) is 5.32 Å². The van der Waals surface area contributed by atoms with Crippen molar-refractivity contribution in [2.45, 2.75) is 31.2 Å². The minimum absolute atomic E-state index is 0.193. The second-order valence-corrected chi connectivity index (χ2v) is 4.98. The molecule has 0 radical (unpaired) electrons. The first-order valence-electron chi connectivity index (χ1n) is 6.49. The van der Waals surface area contributed by atoms with E-state index in [0.29, 0.717) is 12.8 Å². The molecule has 7 heteroatoms. The van der Waals surface area contributed by atoms with E-state index in [4.69, 9.17) is 5.26 Å². The number of hydrogen-bond donors (Lipinski definition) is 3. The lowest BCUT2D eigenvalue weighted by Gasteiger charge is -2.25. The summed E-state index contributed by atoms with van der Waals surface area (Å²) in [5.41, 5.74) is -1.21. The smallest absolute Gasteiger partial charge is 0.329 e. The number of rotatable bonds is 3. The summed E-state index contributed by atoms with van der Waals surface area (Å²) in [5, 5.41) is 22.9. The Balaban J connectivity index is 2.08. The highest BCUT2D eigenvalue weighted by Gasteiger charge is 2.42. The van der Waals surface area contributed by atoms with Gasteiger partial charge in [-0.25, -0.2) is 14.0 Å². The minimum Gasteiger partial charge on any atom is -0.480 e. The Labute approximate surface area is 120 Å². The van der Waals surface area contributed by atoms with Crippen LogP contribution in [0.25, 0.3) is 0 Å². The zero-order valence-electron chi connectivity index (χ0n) is 11.1. The molecule has 0 saturated heterocycles. The largest absolute Gasteiger partial charge is 0.480 e. The summed E-state index contributed by atoms with van der Waals surface area (Å²) in [5.74, 6) is -1.74. The van der Waals surface area contributed by atoms with Crippen LogP contribution in [-0.4, -0.2) is 22.6 Å². The van der Waals surface area contributed by atoms with Crippen molar-refractivity contribution in [3.05, 3.63) is 29.6 Å².